The van der Waals surface area contributed by atoms with Gasteiger partial charge in [0.05, 0.1) is 5.92 Å². The van der Waals surface area contributed by atoms with Crippen LogP contribution in [0.1, 0.15) is 52.9 Å². The maximum absolute atomic E-state index is 10.5. The van der Waals surface area contributed by atoms with Gasteiger partial charge in [-0.1, -0.05) is 19.1 Å². The number of hydrogen-bond acceptors (Lipinski definition) is 4. The SMILES string of the molecule is C=C(C)C(CCC(=O)O)NC.CCC(CCC(C)=O)C(=O)O. The summed E-state index contributed by atoms with van der Waals surface area (Å²) in [6, 6.07) is 0.131. The van der Waals surface area contributed by atoms with Crippen molar-refractivity contribution in [2.24, 2.45) is 5.92 Å². The third-order valence-electron chi connectivity index (χ3n) is 3.28. The Hall–Kier alpha value is -1.69. The summed E-state index contributed by atoms with van der Waals surface area (Å²) in [5.41, 5.74) is 0.980. The molecule has 0 fully saturated rings. The van der Waals surface area contributed by atoms with Gasteiger partial charge in [-0.3, -0.25) is 9.59 Å². The van der Waals surface area contributed by atoms with Crippen molar-refractivity contribution in [1.29, 1.82) is 0 Å². The summed E-state index contributed by atoms with van der Waals surface area (Å²) >= 11 is 0. The summed E-state index contributed by atoms with van der Waals surface area (Å²) in [6.45, 7) is 8.94. The van der Waals surface area contributed by atoms with Crippen LogP contribution in [0.3, 0.4) is 0 Å². The summed E-state index contributed by atoms with van der Waals surface area (Å²) < 4.78 is 0. The predicted octanol–water partition coefficient (Wildman–Crippen LogP) is 2.48. The summed E-state index contributed by atoms with van der Waals surface area (Å²) in [5.74, 6) is -1.84. The van der Waals surface area contributed by atoms with Crippen LogP contribution < -0.4 is 5.32 Å². The van der Waals surface area contributed by atoms with E-state index < -0.39 is 11.9 Å². The van der Waals surface area contributed by atoms with Gasteiger partial charge in [-0.05, 0) is 40.2 Å². The molecule has 2 unspecified atom stereocenters. The molecule has 0 aromatic carbocycles. The molecule has 0 saturated heterocycles. The van der Waals surface area contributed by atoms with Gasteiger partial charge >= 0.3 is 11.9 Å². The van der Waals surface area contributed by atoms with E-state index in [-0.39, 0.29) is 24.2 Å². The number of hydrogen-bond donors (Lipinski definition) is 3. The van der Waals surface area contributed by atoms with Crippen LogP contribution in [0, 0.1) is 5.92 Å². The first-order valence-electron chi connectivity index (χ1n) is 7.42. The van der Waals surface area contributed by atoms with E-state index in [0.717, 1.165) is 5.57 Å². The van der Waals surface area contributed by atoms with Crippen molar-refractivity contribution >= 4 is 17.7 Å². The van der Waals surface area contributed by atoms with E-state index in [0.29, 0.717) is 25.7 Å². The minimum Gasteiger partial charge on any atom is -0.481 e. The van der Waals surface area contributed by atoms with E-state index in [4.69, 9.17) is 10.2 Å². The van der Waals surface area contributed by atoms with Crippen LogP contribution in [0.25, 0.3) is 0 Å². The van der Waals surface area contributed by atoms with E-state index in [1.807, 2.05) is 13.8 Å². The van der Waals surface area contributed by atoms with Crippen molar-refractivity contribution < 1.29 is 24.6 Å². The van der Waals surface area contributed by atoms with Crippen LogP contribution in [0.2, 0.25) is 0 Å². The largest absolute Gasteiger partial charge is 0.481 e. The van der Waals surface area contributed by atoms with Crippen molar-refractivity contribution in [2.75, 3.05) is 7.05 Å². The number of Topliss-reactive ketones (excluding diaryl/α,β-unsaturated/α-hetero) is 1. The number of aliphatic carboxylic acids is 2. The molecule has 0 aromatic rings. The van der Waals surface area contributed by atoms with E-state index in [9.17, 15) is 14.4 Å². The second-order valence-corrected chi connectivity index (χ2v) is 5.30. The fourth-order valence-electron chi connectivity index (χ4n) is 1.78. The highest BCUT2D eigenvalue weighted by Crippen LogP contribution is 2.10. The van der Waals surface area contributed by atoms with Crippen LogP contribution in [-0.2, 0) is 14.4 Å². The van der Waals surface area contributed by atoms with E-state index in [2.05, 4.69) is 11.9 Å². The molecule has 0 aliphatic heterocycles. The zero-order valence-corrected chi connectivity index (χ0v) is 14.0. The van der Waals surface area contributed by atoms with Gasteiger partial charge in [-0.15, -0.1) is 0 Å². The Morgan fingerprint density at radius 2 is 1.64 bits per heavy atom. The number of likely N-dealkylation sites (N-methyl/N-ethyl adjacent to an activating group) is 1. The van der Waals surface area contributed by atoms with Crippen molar-refractivity contribution in [1.82, 2.24) is 5.32 Å². The lowest BCUT2D eigenvalue weighted by molar-refractivity contribution is -0.142. The van der Waals surface area contributed by atoms with Gasteiger partial charge < -0.3 is 20.3 Å². The van der Waals surface area contributed by atoms with Gasteiger partial charge in [-0.2, -0.15) is 0 Å². The molecule has 0 spiro atoms. The topological polar surface area (TPSA) is 104 Å². The summed E-state index contributed by atoms with van der Waals surface area (Å²) in [6.07, 6.45) is 2.26. The lowest BCUT2D eigenvalue weighted by Gasteiger charge is -2.13. The molecule has 22 heavy (non-hydrogen) atoms. The standard InChI is InChI=1S/C8H15NO2.C8H14O3/c1-6(2)7(9-3)4-5-8(10)11;1-3-7(8(10)11)5-4-6(2)9/h7,9H,1,4-5H2,2-3H3,(H,10,11);7H,3-5H2,1-2H3,(H,10,11). The molecule has 0 aliphatic carbocycles. The maximum atomic E-state index is 10.5. The highest BCUT2D eigenvalue weighted by atomic mass is 16.4. The van der Waals surface area contributed by atoms with Crippen molar-refractivity contribution in [3.8, 4) is 0 Å². The first-order chi connectivity index (χ1) is 10.1. The van der Waals surface area contributed by atoms with E-state index >= 15 is 0 Å². The van der Waals surface area contributed by atoms with Gasteiger partial charge in [0.15, 0.2) is 0 Å². The molecule has 128 valence electrons. The molecule has 0 aromatic heterocycles. The van der Waals surface area contributed by atoms with Crippen molar-refractivity contribution in [2.45, 2.75) is 58.9 Å². The quantitative estimate of drug-likeness (QED) is 0.535. The molecule has 2 atom stereocenters. The van der Waals surface area contributed by atoms with Crippen LogP contribution in [0.15, 0.2) is 12.2 Å². The van der Waals surface area contributed by atoms with Gasteiger partial charge in [0, 0.05) is 18.9 Å². The Morgan fingerprint density at radius 3 is 1.91 bits per heavy atom. The van der Waals surface area contributed by atoms with E-state index in [1.165, 1.54) is 6.92 Å². The Balaban J connectivity index is 0. The minimum absolute atomic E-state index is 0.0599. The van der Waals surface area contributed by atoms with Gasteiger partial charge in [0.25, 0.3) is 0 Å². The molecule has 0 bridgehead atoms. The second-order valence-electron chi connectivity index (χ2n) is 5.30. The maximum Gasteiger partial charge on any atom is 0.306 e. The van der Waals surface area contributed by atoms with Crippen molar-refractivity contribution in [3.63, 3.8) is 0 Å². The lowest BCUT2D eigenvalue weighted by Crippen LogP contribution is -2.26. The van der Waals surface area contributed by atoms with Crippen molar-refractivity contribution in [3.05, 3.63) is 12.2 Å². The number of carbonyl (C=O) groups is 3. The molecular weight excluding hydrogens is 286 g/mol. The molecule has 0 aliphatic rings. The number of ketones is 1. The third kappa shape index (κ3) is 13.3. The number of carboxylic acid groups (broad SMARTS) is 2. The molecule has 0 heterocycles. The molecule has 0 radical (unpaired) electrons. The normalized spacial score (nSPS) is 12.5. The molecule has 6 heteroatoms. The number of nitrogens with one attached hydrogen (secondary N) is 1. The molecule has 3 N–H and O–H groups in total. The summed E-state index contributed by atoms with van der Waals surface area (Å²) in [5, 5.41) is 20.0. The molecule has 6 nitrogen and oxygen atoms in total. The zero-order chi connectivity index (χ0) is 17.7. The van der Waals surface area contributed by atoms with E-state index in [1.54, 1.807) is 7.05 Å². The second kappa shape index (κ2) is 13.0. The fourth-order valence-corrected chi connectivity index (χ4v) is 1.78. The first-order valence-corrected chi connectivity index (χ1v) is 7.42. The van der Waals surface area contributed by atoms with Gasteiger partial charge in [0.1, 0.15) is 5.78 Å². The van der Waals surface area contributed by atoms with Crippen LogP contribution >= 0.6 is 0 Å². The Bertz CT molecular complexity index is 343. The highest BCUT2D eigenvalue weighted by Gasteiger charge is 2.14. The Morgan fingerprint density at radius 1 is 1.09 bits per heavy atom. The average molecular weight is 315 g/mol. The molecule has 0 amide bonds. The minimum atomic E-state index is -0.797. The van der Waals surface area contributed by atoms with Crippen LogP contribution in [-0.4, -0.2) is 41.0 Å². The Kier molecular flexibility index (Phi) is 13.4. The predicted molar refractivity (Wildman–Crippen MR) is 85.9 cm³/mol. The van der Waals surface area contributed by atoms with Crippen LogP contribution in [0.5, 0.6) is 0 Å². The monoisotopic (exact) mass is 315 g/mol. The molecule has 0 saturated carbocycles. The zero-order valence-electron chi connectivity index (χ0n) is 14.0. The van der Waals surface area contributed by atoms with Crippen LogP contribution in [0.4, 0.5) is 0 Å². The molecular formula is C16H29NO5. The number of carbonyl (C=O) groups excluding carboxylic acids is 1. The van der Waals surface area contributed by atoms with Gasteiger partial charge in [-0.25, -0.2) is 0 Å². The first kappa shape index (κ1) is 22.6. The molecule has 0 rings (SSSR count). The van der Waals surface area contributed by atoms with Gasteiger partial charge in [0.2, 0.25) is 0 Å². The smallest absolute Gasteiger partial charge is 0.306 e. The number of carboxylic acids is 2. The summed E-state index contributed by atoms with van der Waals surface area (Å²) in [4.78, 5) is 31.1. The fraction of sp³-hybridized carbons (Fsp3) is 0.688. The third-order valence-corrected chi connectivity index (χ3v) is 3.28. The highest BCUT2D eigenvalue weighted by molar-refractivity contribution is 5.76. The average Bonchev–Trinajstić information content (AvgIpc) is 2.39. The Labute approximate surface area is 132 Å². The lowest BCUT2D eigenvalue weighted by atomic mass is 10.00. The number of rotatable bonds is 10. The summed E-state index contributed by atoms with van der Waals surface area (Å²) in [7, 11) is 1.81.